The van der Waals surface area contributed by atoms with Gasteiger partial charge in [-0.25, -0.2) is 4.79 Å². The maximum Gasteiger partial charge on any atom is 0.408 e. The molecule has 1 heterocycles. The molecular formula is C36H60N6O8. The van der Waals surface area contributed by atoms with Crippen LogP contribution in [0.25, 0.3) is 0 Å². The summed E-state index contributed by atoms with van der Waals surface area (Å²) in [5, 5.41) is 10.6. The van der Waals surface area contributed by atoms with Crippen LogP contribution < -0.4 is 27.0 Å². The fourth-order valence-electron chi connectivity index (χ4n) is 7.37. The zero-order valence-corrected chi connectivity index (χ0v) is 30.6. The Balaban J connectivity index is 1.68. The molecule has 0 aromatic rings. The van der Waals surface area contributed by atoms with Gasteiger partial charge in [0.1, 0.15) is 29.8 Å². The van der Waals surface area contributed by atoms with E-state index in [2.05, 4.69) is 21.3 Å². The van der Waals surface area contributed by atoms with E-state index in [1.807, 2.05) is 6.92 Å². The van der Waals surface area contributed by atoms with Crippen LogP contribution in [0.3, 0.4) is 0 Å². The number of unbranched alkanes of at least 4 members (excludes halogenated alkanes) is 1. The summed E-state index contributed by atoms with van der Waals surface area (Å²) in [6.45, 7) is 8.87. The summed E-state index contributed by atoms with van der Waals surface area (Å²) in [6, 6.07) is -4.93. The van der Waals surface area contributed by atoms with Gasteiger partial charge in [-0.1, -0.05) is 58.3 Å². The van der Waals surface area contributed by atoms with Crippen molar-refractivity contribution in [3.8, 4) is 0 Å². The highest BCUT2D eigenvalue weighted by Crippen LogP contribution is 2.30. The maximum atomic E-state index is 14.0. The molecule has 0 bridgehead atoms. The number of primary amides is 1. The molecule has 5 atom stereocenters. The Morgan fingerprint density at radius 1 is 0.780 bits per heavy atom. The lowest BCUT2D eigenvalue weighted by atomic mass is 9.83. The third kappa shape index (κ3) is 12.0. The Labute approximate surface area is 296 Å². The van der Waals surface area contributed by atoms with Crippen LogP contribution in [-0.2, 0) is 33.5 Å². The molecule has 2 aliphatic carbocycles. The fraction of sp³-hybridized carbons (Fsp3) is 0.806. The molecule has 0 spiro atoms. The van der Waals surface area contributed by atoms with Crippen LogP contribution in [-0.4, -0.2) is 88.7 Å². The summed E-state index contributed by atoms with van der Waals surface area (Å²) in [5.74, 6) is -4.34. The van der Waals surface area contributed by atoms with Crippen LogP contribution in [0, 0.1) is 11.8 Å². The van der Waals surface area contributed by atoms with E-state index in [-0.39, 0.29) is 24.2 Å². The summed E-state index contributed by atoms with van der Waals surface area (Å²) < 4.78 is 5.46. The van der Waals surface area contributed by atoms with Gasteiger partial charge >= 0.3 is 6.09 Å². The van der Waals surface area contributed by atoms with Crippen molar-refractivity contribution in [2.75, 3.05) is 6.54 Å². The second kappa shape index (κ2) is 19.1. The van der Waals surface area contributed by atoms with E-state index < -0.39 is 71.3 Å². The van der Waals surface area contributed by atoms with Crippen molar-refractivity contribution in [3.05, 3.63) is 0 Å². The molecular weight excluding hydrogens is 644 g/mol. The number of nitrogens with two attached hydrogens (primary N) is 1. The molecule has 1 unspecified atom stereocenters. The number of carbonyl (C=O) groups is 7. The van der Waals surface area contributed by atoms with Crippen LogP contribution >= 0.6 is 0 Å². The van der Waals surface area contributed by atoms with E-state index in [9.17, 15) is 33.6 Å². The number of hydrogen-bond acceptors (Lipinski definition) is 8. The van der Waals surface area contributed by atoms with E-state index in [1.54, 1.807) is 20.8 Å². The van der Waals surface area contributed by atoms with E-state index in [0.29, 0.717) is 32.2 Å². The number of alkyl carbamates (subject to hydrolysis) is 1. The van der Waals surface area contributed by atoms with Crippen LogP contribution in [0.5, 0.6) is 0 Å². The predicted molar refractivity (Wildman–Crippen MR) is 186 cm³/mol. The van der Waals surface area contributed by atoms with Gasteiger partial charge in [0.05, 0.1) is 6.04 Å². The molecule has 0 aromatic carbocycles. The van der Waals surface area contributed by atoms with Gasteiger partial charge in [0.15, 0.2) is 0 Å². The number of Topliss-reactive ketones (excluding diaryl/α,β-unsaturated/α-hetero) is 1. The van der Waals surface area contributed by atoms with Crippen molar-refractivity contribution in [1.82, 2.24) is 26.2 Å². The number of nitrogens with one attached hydrogen (secondary N) is 4. The monoisotopic (exact) mass is 704 g/mol. The van der Waals surface area contributed by atoms with Crippen molar-refractivity contribution in [1.29, 1.82) is 0 Å². The molecule has 1 aliphatic heterocycles. The number of hydrogen-bond donors (Lipinski definition) is 5. The first kappa shape index (κ1) is 40.7. The third-order valence-electron chi connectivity index (χ3n) is 10.1. The fourth-order valence-corrected chi connectivity index (χ4v) is 7.37. The van der Waals surface area contributed by atoms with Gasteiger partial charge in [0.25, 0.3) is 5.91 Å². The highest BCUT2D eigenvalue weighted by molar-refractivity contribution is 6.38. The number of nitrogens with zero attached hydrogens (tertiary/aromatic N) is 1. The lowest BCUT2D eigenvalue weighted by Crippen LogP contribution is -2.59. The van der Waals surface area contributed by atoms with Gasteiger partial charge < -0.3 is 36.6 Å². The molecule has 14 nitrogen and oxygen atoms in total. The average Bonchev–Trinajstić information content (AvgIpc) is 3.57. The molecule has 50 heavy (non-hydrogen) atoms. The van der Waals surface area contributed by atoms with Crippen molar-refractivity contribution in [2.24, 2.45) is 17.6 Å². The summed E-state index contributed by atoms with van der Waals surface area (Å²) in [7, 11) is 0. The molecule has 1 saturated heterocycles. The van der Waals surface area contributed by atoms with Crippen molar-refractivity contribution in [2.45, 2.75) is 167 Å². The van der Waals surface area contributed by atoms with Gasteiger partial charge in [-0.2, -0.15) is 0 Å². The zero-order chi connectivity index (χ0) is 37.0. The summed E-state index contributed by atoms with van der Waals surface area (Å²) >= 11 is 0. The number of carbonyl (C=O) groups excluding carboxylic acids is 7. The topological polar surface area (TPSA) is 206 Å². The van der Waals surface area contributed by atoms with Gasteiger partial charge in [0, 0.05) is 6.54 Å². The average molecular weight is 705 g/mol. The Hall–Kier alpha value is -3.71. The van der Waals surface area contributed by atoms with E-state index in [0.717, 1.165) is 64.2 Å². The molecule has 0 radical (unpaired) electrons. The zero-order valence-electron chi connectivity index (χ0n) is 30.6. The first-order valence-electron chi connectivity index (χ1n) is 18.7. The smallest absolute Gasteiger partial charge is 0.408 e. The number of ketones is 1. The molecule has 282 valence electrons. The Morgan fingerprint density at radius 3 is 1.90 bits per heavy atom. The first-order chi connectivity index (χ1) is 23.6. The Bertz CT molecular complexity index is 1220. The summed E-state index contributed by atoms with van der Waals surface area (Å²) in [5.41, 5.74) is 4.84. The van der Waals surface area contributed by atoms with E-state index >= 15 is 0 Å². The molecule has 14 heteroatoms. The molecule has 3 rings (SSSR count). The van der Waals surface area contributed by atoms with Gasteiger partial charge in [-0.15, -0.1) is 0 Å². The number of amides is 6. The number of ether oxygens (including phenoxy) is 1. The van der Waals surface area contributed by atoms with E-state index in [4.69, 9.17) is 10.5 Å². The standard InChI is InChI=1S/C36H60N6O8/c1-6-7-19-25(29(43)33(47)38-22(2)31(45)40-27(30(37)44)23-15-10-8-11-16-23)39-32(46)26-20-14-21-42(26)34(48)28(24-17-12-9-13-18-24)41-35(49)50-36(3,4)5/h22-28H,6-21H2,1-5H3,(H2,37,44)(H,38,47)(H,39,46)(H,40,45)(H,41,49)/t22-,25?,26-,27-,28-/m0/s1. The van der Waals surface area contributed by atoms with Crippen LogP contribution in [0.1, 0.15) is 131 Å². The third-order valence-corrected chi connectivity index (χ3v) is 10.1. The van der Waals surface area contributed by atoms with Gasteiger partial charge in [-0.3, -0.25) is 28.8 Å². The molecule has 0 aromatic heterocycles. The normalized spacial score (nSPS) is 21.2. The highest BCUT2D eigenvalue weighted by atomic mass is 16.6. The molecule has 6 N–H and O–H groups in total. The Morgan fingerprint density at radius 2 is 1.36 bits per heavy atom. The quantitative estimate of drug-likeness (QED) is 0.160. The molecule has 3 fully saturated rings. The van der Waals surface area contributed by atoms with Crippen LogP contribution in [0.4, 0.5) is 4.79 Å². The minimum Gasteiger partial charge on any atom is -0.444 e. The maximum absolute atomic E-state index is 14.0. The van der Waals surface area contributed by atoms with Crippen molar-refractivity contribution < 1.29 is 38.3 Å². The second-order valence-corrected chi connectivity index (χ2v) is 15.3. The second-order valence-electron chi connectivity index (χ2n) is 15.3. The minimum absolute atomic E-state index is 0.0866. The highest BCUT2D eigenvalue weighted by Gasteiger charge is 2.42. The first-order valence-corrected chi connectivity index (χ1v) is 18.7. The number of rotatable bonds is 15. The number of likely N-dealkylation sites (tertiary alicyclic amines) is 1. The van der Waals surface area contributed by atoms with Crippen molar-refractivity contribution >= 4 is 41.4 Å². The van der Waals surface area contributed by atoms with Crippen LogP contribution in [0.2, 0.25) is 0 Å². The molecule has 6 amide bonds. The minimum atomic E-state index is -1.18. The Kier molecular flexibility index (Phi) is 15.5. The van der Waals surface area contributed by atoms with Crippen LogP contribution in [0.15, 0.2) is 0 Å². The molecule has 3 aliphatic rings. The predicted octanol–water partition coefficient (Wildman–Crippen LogP) is 2.75. The lowest BCUT2D eigenvalue weighted by Gasteiger charge is -2.35. The SMILES string of the molecule is CCCCC(NC(=O)[C@@H]1CCCN1C(=O)[C@@H](NC(=O)OC(C)(C)C)C1CCCCC1)C(=O)C(=O)N[C@@H](C)C(=O)N[C@H](C(N)=O)C1CCCCC1. The summed E-state index contributed by atoms with van der Waals surface area (Å²) in [6.07, 6.45) is 10.6. The van der Waals surface area contributed by atoms with E-state index in [1.165, 1.54) is 11.8 Å². The van der Waals surface area contributed by atoms with Crippen molar-refractivity contribution in [3.63, 3.8) is 0 Å². The van der Waals surface area contributed by atoms with Gasteiger partial charge in [0.2, 0.25) is 29.4 Å². The largest absolute Gasteiger partial charge is 0.444 e. The lowest BCUT2D eigenvalue weighted by molar-refractivity contribution is -0.144. The summed E-state index contributed by atoms with van der Waals surface area (Å²) in [4.78, 5) is 93.7. The molecule has 2 saturated carbocycles. The van der Waals surface area contributed by atoms with Gasteiger partial charge in [-0.05, 0) is 84.5 Å².